The number of allylic oxidation sites excluding steroid dienone is 3. The van der Waals surface area contributed by atoms with Crippen molar-refractivity contribution in [3.63, 3.8) is 0 Å². The standard InChI is InChI=1S/C9H18.C6H12O/c1-4-5-6-7-8-9(2)3;1-2-3-4-5-6-7/h8H,4-7H2,1-3H3;2,7H,1,3-6H2. The molecule has 1 heteroatoms. The van der Waals surface area contributed by atoms with Gasteiger partial charge in [-0.3, -0.25) is 0 Å². The number of aliphatic hydroxyl groups is 1. The lowest BCUT2D eigenvalue weighted by atomic mass is 10.2. The number of hydrogen-bond donors (Lipinski definition) is 1. The molecule has 0 bridgehead atoms. The molecule has 1 N–H and O–H groups in total. The molecule has 16 heavy (non-hydrogen) atoms. The molecule has 0 aromatic heterocycles. The van der Waals surface area contributed by atoms with Crippen molar-refractivity contribution in [2.45, 2.75) is 65.7 Å². The van der Waals surface area contributed by atoms with E-state index in [1.165, 1.54) is 31.3 Å². The summed E-state index contributed by atoms with van der Waals surface area (Å²) in [4.78, 5) is 0. The predicted molar refractivity (Wildman–Crippen MR) is 74.7 cm³/mol. The van der Waals surface area contributed by atoms with Crippen LogP contribution in [0.5, 0.6) is 0 Å². The first-order valence-electron chi connectivity index (χ1n) is 6.54. The summed E-state index contributed by atoms with van der Waals surface area (Å²) in [6.07, 6.45) is 12.5. The van der Waals surface area contributed by atoms with E-state index < -0.39 is 0 Å². The summed E-state index contributed by atoms with van der Waals surface area (Å²) < 4.78 is 0. The summed E-state index contributed by atoms with van der Waals surface area (Å²) in [5, 5.41) is 8.26. The summed E-state index contributed by atoms with van der Waals surface area (Å²) in [6, 6.07) is 0. The lowest BCUT2D eigenvalue weighted by Gasteiger charge is -1.92. The summed E-state index contributed by atoms with van der Waals surface area (Å²) in [5.41, 5.74) is 1.45. The fraction of sp³-hybridized carbons (Fsp3) is 0.733. The Morgan fingerprint density at radius 2 is 1.69 bits per heavy atom. The molecule has 0 rings (SSSR count). The quantitative estimate of drug-likeness (QED) is 0.462. The van der Waals surface area contributed by atoms with Crippen LogP contribution in [0, 0.1) is 0 Å². The van der Waals surface area contributed by atoms with Crippen molar-refractivity contribution in [1.29, 1.82) is 0 Å². The Morgan fingerprint density at radius 1 is 1.06 bits per heavy atom. The second-order valence-electron chi connectivity index (χ2n) is 4.29. The second kappa shape index (κ2) is 16.9. The molecular formula is C15H30O. The highest BCUT2D eigenvalue weighted by atomic mass is 16.2. The van der Waals surface area contributed by atoms with Gasteiger partial charge in [0.1, 0.15) is 0 Å². The fourth-order valence-electron chi connectivity index (χ4n) is 1.19. The zero-order chi connectivity index (χ0) is 12.6. The van der Waals surface area contributed by atoms with Gasteiger partial charge < -0.3 is 5.11 Å². The van der Waals surface area contributed by atoms with E-state index in [9.17, 15) is 0 Å². The van der Waals surface area contributed by atoms with Crippen LogP contribution in [0.3, 0.4) is 0 Å². The molecule has 0 aliphatic carbocycles. The first kappa shape index (κ1) is 17.8. The summed E-state index contributed by atoms with van der Waals surface area (Å²) in [5.74, 6) is 0. The molecule has 0 fully saturated rings. The van der Waals surface area contributed by atoms with E-state index in [4.69, 9.17) is 5.11 Å². The zero-order valence-electron chi connectivity index (χ0n) is 11.5. The third-order valence-corrected chi connectivity index (χ3v) is 2.18. The summed E-state index contributed by atoms with van der Waals surface area (Å²) in [7, 11) is 0. The molecule has 0 heterocycles. The van der Waals surface area contributed by atoms with Crippen molar-refractivity contribution >= 4 is 0 Å². The van der Waals surface area contributed by atoms with Gasteiger partial charge in [-0.15, -0.1) is 6.58 Å². The molecule has 0 aliphatic heterocycles. The average molecular weight is 226 g/mol. The average Bonchev–Trinajstić information content (AvgIpc) is 2.26. The Hall–Kier alpha value is -0.560. The molecule has 0 radical (unpaired) electrons. The van der Waals surface area contributed by atoms with Crippen molar-refractivity contribution in [1.82, 2.24) is 0 Å². The lowest BCUT2D eigenvalue weighted by molar-refractivity contribution is 0.285. The molecule has 0 spiro atoms. The molecule has 96 valence electrons. The van der Waals surface area contributed by atoms with E-state index in [-0.39, 0.29) is 0 Å². The van der Waals surface area contributed by atoms with Gasteiger partial charge in [-0.05, 0) is 46.0 Å². The van der Waals surface area contributed by atoms with Crippen LogP contribution >= 0.6 is 0 Å². The van der Waals surface area contributed by atoms with Crippen LogP contribution in [-0.2, 0) is 0 Å². The maximum atomic E-state index is 8.26. The van der Waals surface area contributed by atoms with Crippen LogP contribution in [0.2, 0.25) is 0 Å². The van der Waals surface area contributed by atoms with E-state index in [1.807, 2.05) is 6.08 Å². The summed E-state index contributed by atoms with van der Waals surface area (Å²) in [6.45, 7) is 10.4. The van der Waals surface area contributed by atoms with Crippen molar-refractivity contribution in [2.75, 3.05) is 6.61 Å². The van der Waals surface area contributed by atoms with E-state index in [0.717, 1.165) is 19.3 Å². The van der Waals surface area contributed by atoms with E-state index in [0.29, 0.717) is 6.61 Å². The molecular weight excluding hydrogens is 196 g/mol. The van der Waals surface area contributed by atoms with Gasteiger partial charge in [0.25, 0.3) is 0 Å². The number of unbranched alkanes of at least 4 members (excludes halogenated alkanes) is 5. The fourth-order valence-corrected chi connectivity index (χ4v) is 1.19. The Kier molecular flexibility index (Phi) is 18.8. The molecule has 0 saturated heterocycles. The Morgan fingerprint density at radius 3 is 2.12 bits per heavy atom. The van der Waals surface area contributed by atoms with Crippen LogP contribution in [0.1, 0.15) is 65.7 Å². The maximum Gasteiger partial charge on any atom is 0.0431 e. The molecule has 1 nitrogen and oxygen atoms in total. The van der Waals surface area contributed by atoms with Gasteiger partial charge in [0, 0.05) is 6.61 Å². The van der Waals surface area contributed by atoms with Crippen molar-refractivity contribution in [2.24, 2.45) is 0 Å². The maximum absolute atomic E-state index is 8.26. The predicted octanol–water partition coefficient (Wildman–Crippen LogP) is 4.87. The lowest BCUT2D eigenvalue weighted by Crippen LogP contribution is -1.79. The molecule has 0 aromatic carbocycles. The molecule has 0 saturated carbocycles. The van der Waals surface area contributed by atoms with Crippen LogP contribution in [0.15, 0.2) is 24.3 Å². The Bertz CT molecular complexity index is 155. The third kappa shape index (κ3) is 23.3. The smallest absolute Gasteiger partial charge is 0.0431 e. The van der Waals surface area contributed by atoms with Gasteiger partial charge in [0.2, 0.25) is 0 Å². The molecule has 0 unspecified atom stereocenters. The van der Waals surface area contributed by atoms with Gasteiger partial charge >= 0.3 is 0 Å². The second-order valence-corrected chi connectivity index (χ2v) is 4.29. The third-order valence-electron chi connectivity index (χ3n) is 2.18. The number of hydrogen-bond acceptors (Lipinski definition) is 1. The van der Waals surface area contributed by atoms with Gasteiger partial charge in [-0.25, -0.2) is 0 Å². The van der Waals surface area contributed by atoms with Crippen LogP contribution in [0.25, 0.3) is 0 Å². The van der Waals surface area contributed by atoms with Crippen molar-refractivity contribution in [3.8, 4) is 0 Å². The first-order valence-corrected chi connectivity index (χ1v) is 6.54. The molecule has 0 aromatic rings. The highest BCUT2D eigenvalue weighted by Crippen LogP contribution is 2.01. The van der Waals surface area contributed by atoms with Crippen LogP contribution in [0.4, 0.5) is 0 Å². The Labute approximate surface area is 102 Å². The molecule has 0 aliphatic rings. The minimum absolute atomic E-state index is 0.313. The van der Waals surface area contributed by atoms with E-state index >= 15 is 0 Å². The topological polar surface area (TPSA) is 20.2 Å². The number of rotatable bonds is 8. The van der Waals surface area contributed by atoms with Gasteiger partial charge in [-0.2, -0.15) is 0 Å². The van der Waals surface area contributed by atoms with Gasteiger partial charge in [-0.1, -0.05) is 37.5 Å². The first-order chi connectivity index (χ1) is 7.68. The Balaban J connectivity index is 0. The summed E-state index contributed by atoms with van der Waals surface area (Å²) >= 11 is 0. The SMILES string of the molecule is C=CCCCCO.CCCCCC=C(C)C. The van der Waals surface area contributed by atoms with Crippen LogP contribution in [-0.4, -0.2) is 11.7 Å². The van der Waals surface area contributed by atoms with Crippen molar-refractivity contribution < 1.29 is 5.11 Å². The van der Waals surface area contributed by atoms with Gasteiger partial charge in [0.15, 0.2) is 0 Å². The number of aliphatic hydroxyl groups excluding tert-OH is 1. The highest BCUT2D eigenvalue weighted by molar-refractivity contribution is 4.92. The molecule has 0 atom stereocenters. The zero-order valence-corrected chi connectivity index (χ0v) is 11.5. The highest BCUT2D eigenvalue weighted by Gasteiger charge is 1.81. The monoisotopic (exact) mass is 226 g/mol. The largest absolute Gasteiger partial charge is 0.396 e. The van der Waals surface area contributed by atoms with Crippen LogP contribution < -0.4 is 0 Å². The molecule has 0 amide bonds. The van der Waals surface area contributed by atoms with E-state index in [2.05, 4.69) is 33.4 Å². The minimum atomic E-state index is 0.313. The van der Waals surface area contributed by atoms with Gasteiger partial charge in [0.05, 0.1) is 0 Å². The minimum Gasteiger partial charge on any atom is -0.396 e. The normalized spacial score (nSPS) is 9.00. The van der Waals surface area contributed by atoms with Crippen molar-refractivity contribution in [3.05, 3.63) is 24.3 Å². The van der Waals surface area contributed by atoms with E-state index in [1.54, 1.807) is 0 Å².